The molecule has 2 N–H and O–H groups in total. The number of anilines is 2. The molecule has 0 atom stereocenters. The summed E-state index contributed by atoms with van der Waals surface area (Å²) in [6, 6.07) is 8.08. The fourth-order valence-corrected chi connectivity index (χ4v) is 2.50. The number of likely N-dealkylation sites (N-methyl/N-ethyl adjacent to an activating group) is 1. The van der Waals surface area contributed by atoms with Crippen LogP contribution in [0.25, 0.3) is 10.9 Å². The van der Waals surface area contributed by atoms with E-state index in [1.165, 1.54) is 11.1 Å². The Hall–Kier alpha value is -1.81. The van der Waals surface area contributed by atoms with E-state index in [1.807, 2.05) is 18.3 Å². The van der Waals surface area contributed by atoms with Crippen molar-refractivity contribution in [2.45, 2.75) is 13.8 Å². The average molecular weight is 286 g/mol. The van der Waals surface area contributed by atoms with E-state index < -0.39 is 0 Å². The zero-order valence-electron chi connectivity index (χ0n) is 13.5. The van der Waals surface area contributed by atoms with Crippen molar-refractivity contribution in [3.05, 3.63) is 30.5 Å². The number of hydrogen-bond acceptors (Lipinski definition) is 4. The second kappa shape index (κ2) is 6.76. The standard InChI is InChI=1S/C17H26N4/c1-13(2)12-21(10-9-20(3)4)17-7-8-19-16-11-14(18)5-6-15(16)17/h5-8,11,13H,9-10,12,18H2,1-4H3. The molecule has 0 saturated carbocycles. The van der Waals surface area contributed by atoms with Crippen LogP contribution in [0.15, 0.2) is 30.5 Å². The number of nitrogens with zero attached hydrogens (tertiary/aromatic N) is 3. The number of pyridine rings is 1. The minimum atomic E-state index is 0.615. The lowest BCUT2D eigenvalue weighted by atomic mass is 10.1. The van der Waals surface area contributed by atoms with Crippen molar-refractivity contribution in [2.75, 3.05) is 44.4 Å². The number of nitrogens with two attached hydrogens (primary N) is 1. The quantitative estimate of drug-likeness (QED) is 0.829. The Balaban J connectivity index is 2.38. The molecule has 4 nitrogen and oxygen atoms in total. The number of fused-ring (bicyclic) bond motifs is 1. The van der Waals surface area contributed by atoms with Gasteiger partial charge in [-0.25, -0.2) is 0 Å². The first-order valence-corrected chi connectivity index (χ1v) is 7.51. The number of nitrogen functional groups attached to an aromatic ring is 1. The Morgan fingerprint density at radius 3 is 2.57 bits per heavy atom. The Morgan fingerprint density at radius 1 is 1.14 bits per heavy atom. The molecule has 0 radical (unpaired) electrons. The molecule has 0 unspecified atom stereocenters. The SMILES string of the molecule is CC(C)CN(CCN(C)C)c1ccnc2cc(N)ccc12. The third-order valence-corrected chi connectivity index (χ3v) is 3.49. The highest BCUT2D eigenvalue weighted by molar-refractivity contribution is 5.93. The van der Waals surface area contributed by atoms with Gasteiger partial charge in [0.15, 0.2) is 0 Å². The van der Waals surface area contributed by atoms with Crippen LogP contribution in [0, 0.1) is 5.92 Å². The third-order valence-electron chi connectivity index (χ3n) is 3.49. The summed E-state index contributed by atoms with van der Waals surface area (Å²) < 4.78 is 0. The topological polar surface area (TPSA) is 45.4 Å². The number of rotatable bonds is 6. The highest BCUT2D eigenvalue weighted by atomic mass is 15.2. The average Bonchev–Trinajstić information content (AvgIpc) is 2.42. The molecular formula is C17H26N4. The van der Waals surface area contributed by atoms with Crippen molar-refractivity contribution < 1.29 is 0 Å². The molecule has 114 valence electrons. The number of hydrogen-bond donors (Lipinski definition) is 1. The summed E-state index contributed by atoms with van der Waals surface area (Å²) in [4.78, 5) is 9.11. The summed E-state index contributed by atoms with van der Waals surface area (Å²) in [6.45, 7) is 7.59. The van der Waals surface area contributed by atoms with E-state index in [9.17, 15) is 0 Å². The van der Waals surface area contributed by atoms with E-state index in [0.29, 0.717) is 5.92 Å². The molecule has 0 spiro atoms. The van der Waals surface area contributed by atoms with Crippen molar-refractivity contribution >= 4 is 22.3 Å². The van der Waals surface area contributed by atoms with Gasteiger partial charge in [-0.15, -0.1) is 0 Å². The lowest BCUT2D eigenvalue weighted by molar-refractivity contribution is 0.409. The van der Waals surface area contributed by atoms with Crippen molar-refractivity contribution in [3.8, 4) is 0 Å². The highest BCUT2D eigenvalue weighted by Crippen LogP contribution is 2.27. The highest BCUT2D eigenvalue weighted by Gasteiger charge is 2.12. The summed E-state index contributed by atoms with van der Waals surface area (Å²) >= 11 is 0. The number of aromatic nitrogens is 1. The first-order chi connectivity index (χ1) is 9.97. The molecule has 0 fully saturated rings. The van der Waals surface area contributed by atoms with Crippen LogP contribution in [-0.4, -0.2) is 43.6 Å². The van der Waals surface area contributed by atoms with Gasteiger partial charge in [0.2, 0.25) is 0 Å². The van der Waals surface area contributed by atoms with Crippen LogP contribution < -0.4 is 10.6 Å². The second-order valence-corrected chi connectivity index (χ2v) is 6.25. The van der Waals surface area contributed by atoms with Gasteiger partial charge in [-0.3, -0.25) is 4.98 Å². The third kappa shape index (κ3) is 4.08. The molecule has 0 aliphatic heterocycles. The van der Waals surface area contributed by atoms with Crippen molar-refractivity contribution in [2.24, 2.45) is 5.92 Å². The molecular weight excluding hydrogens is 260 g/mol. The van der Waals surface area contributed by atoms with Gasteiger partial charge in [0.1, 0.15) is 0 Å². The van der Waals surface area contributed by atoms with Gasteiger partial charge in [0, 0.05) is 42.6 Å². The summed E-state index contributed by atoms with van der Waals surface area (Å²) in [5.74, 6) is 0.615. The molecule has 0 bridgehead atoms. The fourth-order valence-electron chi connectivity index (χ4n) is 2.50. The van der Waals surface area contributed by atoms with E-state index >= 15 is 0 Å². The molecule has 0 saturated heterocycles. The van der Waals surface area contributed by atoms with E-state index in [4.69, 9.17) is 5.73 Å². The van der Waals surface area contributed by atoms with Gasteiger partial charge in [-0.05, 0) is 44.3 Å². The zero-order chi connectivity index (χ0) is 15.4. The minimum Gasteiger partial charge on any atom is -0.399 e. The second-order valence-electron chi connectivity index (χ2n) is 6.25. The summed E-state index contributed by atoms with van der Waals surface area (Å²) in [7, 11) is 4.22. The summed E-state index contributed by atoms with van der Waals surface area (Å²) in [5, 5.41) is 1.17. The smallest absolute Gasteiger partial charge is 0.0743 e. The maximum atomic E-state index is 5.87. The van der Waals surface area contributed by atoms with Crippen molar-refractivity contribution in [1.82, 2.24) is 9.88 Å². The molecule has 0 aliphatic carbocycles. The maximum absolute atomic E-state index is 5.87. The van der Waals surface area contributed by atoms with Crippen molar-refractivity contribution in [3.63, 3.8) is 0 Å². The van der Waals surface area contributed by atoms with E-state index in [0.717, 1.165) is 30.8 Å². The van der Waals surface area contributed by atoms with Gasteiger partial charge in [0.05, 0.1) is 5.52 Å². The lowest BCUT2D eigenvalue weighted by Crippen LogP contribution is -2.34. The Morgan fingerprint density at radius 2 is 1.90 bits per heavy atom. The molecule has 2 rings (SSSR count). The van der Waals surface area contributed by atoms with Gasteiger partial charge in [0.25, 0.3) is 0 Å². The molecule has 1 aromatic carbocycles. The van der Waals surface area contributed by atoms with Gasteiger partial charge >= 0.3 is 0 Å². The van der Waals surface area contributed by atoms with E-state index in [-0.39, 0.29) is 0 Å². The fraction of sp³-hybridized carbons (Fsp3) is 0.471. The lowest BCUT2D eigenvalue weighted by Gasteiger charge is -2.29. The molecule has 1 aromatic heterocycles. The summed E-state index contributed by atoms with van der Waals surface area (Å²) in [5.41, 5.74) is 8.84. The van der Waals surface area contributed by atoms with Crippen LogP contribution in [-0.2, 0) is 0 Å². The summed E-state index contributed by atoms with van der Waals surface area (Å²) in [6.07, 6.45) is 1.88. The van der Waals surface area contributed by atoms with E-state index in [2.05, 4.69) is 54.9 Å². The van der Waals surface area contributed by atoms with Gasteiger partial charge in [-0.2, -0.15) is 0 Å². The molecule has 21 heavy (non-hydrogen) atoms. The predicted molar refractivity (Wildman–Crippen MR) is 91.8 cm³/mol. The Kier molecular flexibility index (Phi) is 5.02. The Labute approximate surface area is 127 Å². The van der Waals surface area contributed by atoms with Crippen molar-refractivity contribution in [1.29, 1.82) is 0 Å². The zero-order valence-corrected chi connectivity index (χ0v) is 13.5. The predicted octanol–water partition coefficient (Wildman–Crippen LogP) is 2.84. The normalized spacial score (nSPS) is 11.5. The largest absolute Gasteiger partial charge is 0.399 e. The van der Waals surface area contributed by atoms with Crippen LogP contribution in [0.2, 0.25) is 0 Å². The van der Waals surface area contributed by atoms with Gasteiger partial charge < -0.3 is 15.5 Å². The number of benzene rings is 1. The van der Waals surface area contributed by atoms with E-state index in [1.54, 1.807) is 0 Å². The first-order valence-electron chi connectivity index (χ1n) is 7.51. The monoisotopic (exact) mass is 286 g/mol. The molecule has 1 heterocycles. The molecule has 0 aliphatic rings. The Bertz CT molecular complexity index is 592. The molecule has 4 heteroatoms. The van der Waals surface area contributed by atoms with Crippen LogP contribution in [0.3, 0.4) is 0 Å². The van der Waals surface area contributed by atoms with Crippen LogP contribution in [0.1, 0.15) is 13.8 Å². The molecule has 0 amide bonds. The first kappa shape index (κ1) is 15.6. The van der Waals surface area contributed by atoms with Crippen LogP contribution in [0.5, 0.6) is 0 Å². The van der Waals surface area contributed by atoms with Crippen LogP contribution >= 0.6 is 0 Å². The van der Waals surface area contributed by atoms with Gasteiger partial charge in [-0.1, -0.05) is 13.8 Å². The minimum absolute atomic E-state index is 0.615. The maximum Gasteiger partial charge on any atom is 0.0743 e. The molecule has 2 aromatic rings. The van der Waals surface area contributed by atoms with Crippen LogP contribution in [0.4, 0.5) is 11.4 Å².